The van der Waals surface area contributed by atoms with Gasteiger partial charge in [0.25, 0.3) is 0 Å². The summed E-state index contributed by atoms with van der Waals surface area (Å²) in [7, 11) is -3.19. The van der Waals surface area contributed by atoms with Gasteiger partial charge in [0.1, 0.15) is 5.01 Å². The second-order valence-corrected chi connectivity index (χ2v) is 9.77. The summed E-state index contributed by atoms with van der Waals surface area (Å²) in [5.74, 6) is 0.232. The summed E-state index contributed by atoms with van der Waals surface area (Å²) >= 11 is 3.19. The first kappa shape index (κ1) is 18.5. The lowest BCUT2D eigenvalue weighted by Crippen LogP contribution is -2.44. The van der Waals surface area contributed by atoms with E-state index in [-0.39, 0.29) is 11.8 Å². The Hall–Kier alpha value is -1.29. The van der Waals surface area contributed by atoms with Crippen LogP contribution in [0, 0.1) is 5.92 Å². The van der Waals surface area contributed by atoms with E-state index >= 15 is 0 Å². The molecule has 2 aromatic rings. The molecule has 0 radical (unpaired) electrons. The Morgan fingerprint density at radius 1 is 1.44 bits per heavy atom. The molecule has 1 aliphatic rings. The smallest absolute Gasteiger partial charge is 0.228 e. The zero-order valence-electron chi connectivity index (χ0n) is 14.0. The highest BCUT2D eigenvalue weighted by Gasteiger charge is 2.24. The van der Waals surface area contributed by atoms with Gasteiger partial charge in [0.15, 0.2) is 0 Å². The highest BCUT2D eigenvalue weighted by molar-refractivity contribution is 7.88. The van der Waals surface area contributed by atoms with Crippen LogP contribution in [0.2, 0.25) is 0 Å². The third kappa shape index (κ3) is 5.34. The van der Waals surface area contributed by atoms with Crippen molar-refractivity contribution >= 4 is 38.6 Å². The lowest BCUT2D eigenvalue weighted by molar-refractivity contribution is -0.132. The fourth-order valence-electron chi connectivity index (χ4n) is 2.90. The number of sulfonamides is 1. The molecule has 1 saturated heterocycles. The van der Waals surface area contributed by atoms with Gasteiger partial charge in [0, 0.05) is 36.0 Å². The topological polar surface area (TPSA) is 79.4 Å². The normalized spacial score (nSPS) is 18.4. The number of aromatic nitrogens is 1. The van der Waals surface area contributed by atoms with Crippen molar-refractivity contribution in [2.45, 2.75) is 19.3 Å². The van der Waals surface area contributed by atoms with E-state index in [0.717, 1.165) is 41.9 Å². The first-order valence-electron chi connectivity index (χ1n) is 8.10. The standard InChI is InChI=1S/C16H21N3O3S3/c1-25(21,22)17-8-12-3-2-5-19(9-12)15(20)7-14-11-24-16(18-14)13-4-6-23-10-13/h4,6,10-12,17H,2-3,5,7-9H2,1H3. The molecular weight excluding hydrogens is 378 g/mol. The van der Waals surface area contributed by atoms with E-state index in [9.17, 15) is 13.2 Å². The number of carbonyl (C=O) groups is 1. The first-order valence-corrected chi connectivity index (χ1v) is 11.8. The molecule has 1 N–H and O–H groups in total. The number of nitrogens with one attached hydrogen (secondary N) is 1. The number of hydrogen-bond donors (Lipinski definition) is 1. The van der Waals surface area contributed by atoms with Gasteiger partial charge in [-0.2, -0.15) is 11.3 Å². The van der Waals surface area contributed by atoms with Crippen LogP contribution in [0.4, 0.5) is 0 Å². The molecule has 9 heteroatoms. The fourth-order valence-corrected chi connectivity index (χ4v) is 4.97. The summed E-state index contributed by atoms with van der Waals surface area (Å²) in [4.78, 5) is 19.0. The molecule has 2 aromatic heterocycles. The summed E-state index contributed by atoms with van der Waals surface area (Å²) in [6.45, 7) is 1.72. The fraction of sp³-hybridized carbons (Fsp3) is 0.500. The van der Waals surface area contributed by atoms with Crippen LogP contribution in [-0.2, 0) is 21.2 Å². The summed E-state index contributed by atoms with van der Waals surface area (Å²) in [6, 6.07) is 2.03. The van der Waals surface area contributed by atoms with E-state index in [0.29, 0.717) is 19.5 Å². The van der Waals surface area contributed by atoms with Crippen molar-refractivity contribution < 1.29 is 13.2 Å². The SMILES string of the molecule is CS(=O)(=O)NCC1CCCN(C(=O)Cc2csc(-c3ccsc3)n2)C1. The average Bonchev–Trinajstić information content (AvgIpc) is 3.23. The second kappa shape index (κ2) is 7.94. The van der Waals surface area contributed by atoms with Crippen LogP contribution in [-0.4, -0.2) is 50.1 Å². The molecule has 136 valence electrons. The van der Waals surface area contributed by atoms with Gasteiger partial charge in [0.2, 0.25) is 15.9 Å². The van der Waals surface area contributed by atoms with Crippen LogP contribution in [0.1, 0.15) is 18.5 Å². The number of nitrogens with zero attached hydrogens (tertiary/aromatic N) is 2. The molecule has 1 amide bonds. The summed E-state index contributed by atoms with van der Waals surface area (Å²) in [5.41, 5.74) is 1.89. The number of hydrogen-bond acceptors (Lipinski definition) is 6. The highest BCUT2D eigenvalue weighted by atomic mass is 32.2. The van der Waals surface area contributed by atoms with Crippen molar-refractivity contribution in [2.75, 3.05) is 25.9 Å². The molecule has 0 spiro atoms. The molecule has 0 aliphatic carbocycles. The zero-order valence-corrected chi connectivity index (χ0v) is 16.4. The van der Waals surface area contributed by atoms with E-state index in [1.165, 1.54) is 0 Å². The molecule has 1 unspecified atom stereocenters. The van der Waals surface area contributed by atoms with Crippen LogP contribution in [0.5, 0.6) is 0 Å². The predicted molar refractivity (Wildman–Crippen MR) is 101 cm³/mol. The zero-order chi connectivity index (χ0) is 17.9. The number of piperidine rings is 1. The molecule has 1 fully saturated rings. The molecule has 3 heterocycles. The molecule has 0 bridgehead atoms. The van der Waals surface area contributed by atoms with Gasteiger partial charge >= 0.3 is 0 Å². The summed E-state index contributed by atoms with van der Waals surface area (Å²) < 4.78 is 25.0. The van der Waals surface area contributed by atoms with Gasteiger partial charge in [-0.1, -0.05) is 0 Å². The molecule has 6 nitrogen and oxygen atoms in total. The Morgan fingerprint density at radius 3 is 3.00 bits per heavy atom. The highest BCUT2D eigenvalue weighted by Crippen LogP contribution is 2.26. The van der Waals surface area contributed by atoms with Crippen molar-refractivity contribution in [1.82, 2.24) is 14.6 Å². The third-order valence-electron chi connectivity index (χ3n) is 4.16. The number of thiazole rings is 1. The minimum absolute atomic E-state index is 0.0613. The second-order valence-electron chi connectivity index (χ2n) is 6.30. The maximum atomic E-state index is 12.6. The van der Waals surface area contributed by atoms with Gasteiger partial charge in [-0.05, 0) is 30.2 Å². The Kier molecular flexibility index (Phi) is 5.88. The monoisotopic (exact) mass is 399 g/mol. The summed E-state index contributed by atoms with van der Waals surface area (Å²) in [5, 5.41) is 6.95. The van der Waals surface area contributed by atoms with Gasteiger partial charge in [-0.3, -0.25) is 4.79 Å². The molecule has 0 aromatic carbocycles. The maximum absolute atomic E-state index is 12.6. The third-order valence-corrected chi connectivity index (χ3v) is 6.47. The lowest BCUT2D eigenvalue weighted by Gasteiger charge is -2.32. The predicted octanol–water partition coefficient (Wildman–Crippen LogP) is 2.20. The number of carbonyl (C=O) groups excluding carboxylic acids is 1. The van der Waals surface area contributed by atoms with E-state index in [1.807, 2.05) is 21.7 Å². The lowest BCUT2D eigenvalue weighted by atomic mass is 9.98. The Labute approximate surface area is 155 Å². The van der Waals surface area contributed by atoms with Crippen LogP contribution in [0.25, 0.3) is 10.6 Å². The molecule has 1 atom stereocenters. The van der Waals surface area contributed by atoms with Crippen LogP contribution in [0.15, 0.2) is 22.2 Å². The summed E-state index contributed by atoms with van der Waals surface area (Å²) in [6.07, 6.45) is 3.29. The Bertz CT molecular complexity index is 815. The molecule has 0 saturated carbocycles. The van der Waals surface area contributed by atoms with E-state index in [1.54, 1.807) is 22.7 Å². The average molecular weight is 400 g/mol. The van der Waals surface area contributed by atoms with Gasteiger partial charge in [-0.15, -0.1) is 11.3 Å². The van der Waals surface area contributed by atoms with Gasteiger partial charge in [0.05, 0.1) is 18.4 Å². The molecular formula is C16H21N3O3S3. The van der Waals surface area contributed by atoms with Gasteiger partial charge < -0.3 is 4.90 Å². The molecule has 1 aliphatic heterocycles. The number of rotatable bonds is 6. The number of likely N-dealkylation sites (tertiary alicyclic amines) is 1. The van der Waals surface area contributed by atoms with Crippen molar-refractivity contribution in [3.63, 3.8) is 0 Å². The van der Waals surface area contributed by atoms with Crippen molar-refractivity contribution in [2.24, 2.45) is 5.92 Å². The largest absolute Gasteiger partial charge is 0.342 e. The van der Waals surface area contributed by atoms with Crippen molar-refractivity contribution in [3.05, 3.63) is 27.9 Å². The first-order chi connectivity index (χ1) is 11.9. The van der Waals surface area contributed by atoms with E-state index in [4.69, 9.17) is 0 Å². The van der Waals surface area contributed by atoms with E-state index in [2.05, 4.69) is 15.1 Å². The van der Waals surface area contributed by atoms with Gasteiger partial charge in [-0.25, -0.2) is 18.1 Å². The minimum atomic E-state index is -3.19. The minimum Gasteiger partial charge on any atom is -0.342 e. The Balaban J connectivity index is 1.55. The van der Waals surface area contributed by atoms with Crippen LogP contribution < -0.4 is 4.72 Å². The van der Waals surface area contributed by atoms with Crippen LogP contribution in [0.3, 0.4) is 0 Å². The van der Waals surface area contributed by atoms with Crippen molar-refractivity contribution in [3.8, 4) is 10.6 Å². The Morgan fingerprint density at radius 2 is 2.28 bits per heavy atom. The molecule has 25 heavy (non-hydrogen) atoms. The molecule has 3 rings (SSSR count). The maximum Gasteiger partial charge on any atom is 0.228 e. The van der Waals surface area contributed by atoms with Crippen molar-refractivity contribution in [1.29, 1.82) is 0 Å². The van der Waals surface area contributed by atoms with Crippen LogP contribution >= 0.6 is 22.7 Å². The quantitative estimate of drug-likeness (QED) is 0.808. The number of amides is 1. The number of thiophene rings is 1. The van der Waals surface area contributed by atoms with E-state index < -0.39 is 10.0 Å².